The normalized spacial score (nSPS) is 10.9. The molecule has 0 aliphatic rings. The number of ether oxygens (including phenoxy) is 1. The summed E-state index contributed by atoms with van der Waals surface area (Å²) in [6.45, 7) is 8.72. The first-order chi connectivity index (χ1) is 8.63. The molecule has 0 radical (unpaired) electrons. The maximum absolute atomic E-state index is 5.26. The van der Waals surface area contributed by atoms with Gasteiger partial charge in [-0.25, -0.2) is 0 Å². The van der Waals surface area contributed by atoms with Gasteiger partial charge in [0, 0.05) is 6.54 Å². The minimum absolute atomic E-state index is 0.828. The van der Waals surface area contributed by atoms with Crippen LogP contribution in [0.2, 0.25) is 0 Å². The predicted octanol–water partition coefficient (Wildman–Crippen LogP) is 3.92. The van der Waals surface area contributed by atoms with E-state index in [2.05, 4.69) is 38.2 Å². The van der Waals surface area contributed by atoms with Gasteiger partial charge >= 0.3 is 0 Å². The van der Waals surface area contributed by atoms with Gasteiger partial charge in [0.25, 0.3) is 0 Å². The summed E-state index contributed by atoms with van der Waals surface area (Å²) in [7, 11) is 1.72. The van der Waals surface area contributed by atoms with Crippen molar-refractivity contribution in [3.8, 4) is 5.75 Å². The van der Waals surface area contributed by atoms with Gasteiger partial charge in [0.15, 0.2) is 0 Å². The Morgan fingerprint density at radius 1 is 1.22 bits per heavy atom. The van der Waals surface area contributed by atoms with Gasteiger partial charge in [0.05, 0.1) is 7.11 Å². The van der Waals surface area contributed by atoms with Crippen molar-refractivity contribution in [3.05, 3.63) is 29.3 Å². The molecule has 0 heterocycles. The number of methoxy groups -OCH3 is 1. The van der Waals surface area contributed by atoms with Crippen molar-refractivity contribution < 1.29 is 4.74 Å². The lowest BCUT2D eigenvalue weighted by atomic mass is 10.1. The molecule has 0 amide bonds. The van der Waals surface area contributed by atoms with Gasteiger partial charge in [0.1, 0.15) is 5.75 Å². The lowest BCUT2D eigenvalue weighted by molar-refractivity contribution is 0.411. The monoisotopic (exact) mass is 249 g/mol. The molecule has 0 unspecified atom stereocenters. The number of nitrogens with one attached hydrogen (secondary N) is 1. The molecule has 0 aromatic heterocycles. The van der Waals surface area contributed by atoms with Gasteiger partial charge in [-0.05, 0) is 43.0 Å². The van der Waals surface area contributed by atoms with E-state index in [9.17, 15) is 0 Å². The van der Waals surface area contributed by atoms with E-state index >= 15 is 0 Å². The van der Waals surface area contributed by atoms with Crippen LogP contribution in [0.1, 0.15) is 44.2 Å². The molecule has 0 fully saturated rings. The van der Waals surface area contributed by atoms with Crippen LogP contribution in [0.15, 0.2) is 18.2 Å². The van der Waals surface area contributed by atoms with Crippen LogP contribution in [0.4, 0.5) is 0 Å². The van der Waals surface area contributed by atoms with Gasteiger partial charge < -0.3 is 10.1 Å². The van der Waals surface area contributed by atoms with Gasteiger partial charge in [-0.3, -0.25) is 0 Å². The van der Waals surface area contributed by atoms with E-state index in [1.165, 1.54) is 30.4 Å². The average Bonchev–Trinajstić information content (AvgIpc) is 2.33. The number of aryl methyl sites for hydroxylation is 1. The third-order valence-electron chi connectivity index (χ3n) is 3.17. The summed E-state index contributed by atoms with van der Waals surface area (Å²) in [5.74, 6) is 1.80. The minimum atomic E-state index is 0.828. The van der Waals surface area contributed by atoms with Crippen molar-refractivity contribution in [1.82, 2.24) is 5.32 Å². The van der Waals surface area contributed by atoms with Crippen molar-refractivity contribution >= 4 is 0 Å². The van der Waals surface area contributed by atoms with E-state index in [1.807, 2.05) is 6.07 Å². The van der Waals surface area contributed by atoms with Crippen molar-refractivity contribution in [1.29, 1.82) is 0 Å². The molecule has 102 valence electrons. The first kappa shape index (κ1) is 15.0. The van der Waals surface area contributed by atoms with Gasteiger partial charge in [-0.2, -0.15) is 0 Å². The first-order valence-electron chi connectivity index (χ1n) is 6.97. The maximum atomic E-state index is 5.26. The number of unbranched alkanes of at least 4 members (excludes halogenated alkanes) is 1. The third-order valence-corrected chi connectivity index (χ3v) is 3.17. The smallest absolute Gasteiger partial charge is 0.121 e. The molecule has 2 heteroatoms. The van der Waals surface area contributed by atoms with E-state index in [0.29, 0.717) is 0 Å². The van der Waals surface area contributed by atoms with Crippen LogP contribution in [0, 0.1) is 12.8 Å². The Morgan fingerprint density at radius 2 is 2.00 bits per heavy atom. The van der Waals surface area contributed by atoms with E-state index in [4.69, 9.17) is 4.74 Å². The van der Waals surface area contributed by atoms with Crippen LogP contribution in [-0.2, 0) is 6.54 Å². The first-order valence-corrected chi connectivity index (χ1v) is 6.97. The molecule has 2 nitrogen and oxygen atoms in total. The zero-order valence-corrected chi connectivity index (χ0v) is 12.3. The zero-order chi connectivity index (χ0) is 13.4. The van der Waals surface area contributed by atoms with Crippen molar-refractivity contribution in [3.63, 3.8) is 0 Å². The molecular formula is C16H27NO. The summed E-state index contributed by atoms with van der Waals surface area (Å²) in [5.41, 5.74) is 2.54. The molecule has 0 saturated heterocycles. The Balaban J connectivity index is 2.21. The summed E-state index contributed by atoms with van der Waals surface area (Å²) in [6.07, 6.45) is 3.93. The van der Waals surface area contributed by atoms with Crippen LogP contribution in [-0.4, -0.2) is 13.7 Å². The number of benzene rings is 1. The lowest BCUT2D eigenvalue weighted by Gasteiger charge is -2.09. The topological polar surface area (TPSA) is 21.3 Å². The molecule has 0 bridgehead atoms. The maximum Gasteiger partial charge on any atom is 0.121 e. The Hall–Kier alpha value is -1.02. The molecule has 1 aromatic carbocycles. The highest BCUT2D eigenvalue weighted by molar-refractivity contribution is 5.36. The molecule has 1 rings (SSSR count). The molecule has 0 aliphatic carbocycles. The van der Waals surface area contributed by atoms with Crippen molar-refractivity contribution in [2.45, 2.75) is 46.6 Å². The molecule has 0 spiro atoms. The Morgan fingerprint density at radius 3 is 2.61 bits per heavy atom. The van der Waals surface area contributed by atoms with Gasteiger partial charge in [0.2, 0.25) is 0 Å². The van der Waals surface area contributed by atoms with Crippen LogP contribution in [0.5, 0.6) is 5.75 Å². The fourth-order valence-electron chi connectivity index (χ4n) is 2.09. The molecule has 0 aliphatic heterocycles. The number of hydrogen-bond acceptors (Lipinski definition) is 2. The summed E-state index contributed by atoms with van der Waals surface area (Å²) in [6, 6.07) is 6.37. The number of hydrogen-bond donors (Lipinski definition) is 1. The van der Waals surface area contributed by atoms with Gasteiger partial charge in [-0.15, -0.1) is 0 Å². The summed E-state index contributed by atoms with van der Waals surface area (Å²) >= 11 is 0. The lowest BCUT2D eigenvalue weighted by Crippen LogP contribution is -2.14. The Labute approximate surface area is 112 Å². The average molecular weight is 249 g/mol. The van der Waals surface area contributed by atoms with Crippen molar-refractivity contribution in [2.24, 2.45) is 5.92 Å². The molecule has 1 aromatic rings. The summed E-state index contributed by atoms with van der Waals surface area (Å²) < 4.78 is 5.26. The van der Waals surface area contributed by atoms with E-state index < -0.39 is 0 Å². The second-order valence-electron chi connectivity index (χ2n) is 5.37. The van der Waals surface area contributed by atoms with Crippen molar-refractivity contribution in [2.75, 3.05) is 13.7 Å². The van der Waals surface area contributed by atoms with E-state index in [-0.39, 0.29) is 0 Å². The molecule has 0 saturated carbocycles. The second kappa shape index (κ2) is 8.15. The largest absolute Gasteiger partial charge is 0.496 e. The molecular weight excluding hydrogens is 222 g/mol. The summed E-state index contributed by atoms with van der Waals surface area (Å²) in [4.78, 5) is 0. The molecule has 0 atom stereocenters. The number of rotatable bonds is 8. The van der Waals surface area contributed by atoms with Crippen LogP contribution >= 0.6 is 0 Å². The fourth-order valence-corrected chi connectivity index (χ4v) is 2.09. The second-order valence-corrected chi connectivity index (χ2v) is 5.37. The quantitative estimate of drug-likeness (QED) is 0.705. The minimum Gasteiger partial charge on any atom is -0.496 e. The Kier molecular flexibility index (Phi) is 6.81. The van der Waals surface area contributed by atoms with E-state index in [0.717, 1.165) is 24.8 Å². The van der Waals surface area contributed by atoms with Gasteiger partial charge in [-0.1, -0.05) is 38.8 Å². The molecule has 18 heavy (non-hydrogen) atoms. The molecule has 1 N–H and O–H groups in total. The van der Waals surface area contributed by atoms with Crippen LogP contribution in [0.3, 0.4) is 0 Å². The standard InChI is InChI=1S/C16H27NO/c1-13(2)7-5-6-10-17-12-15-8-9-16(18-4)14(3)11-15/h8-9,11,13,17H,5-7,10,12H2,1-4H3. The van der Waals surface area contributed by atoms with Crippen LogP contribution in [0.25, 0.3) is 0 Å². The third kappa shape index (κ3) is 5.54. The highest BCUT2D eigenvalue weighted by Crippen LogP contribution is 2.18. The summed E-state index contributed by atoms with van der Waals surface area (Å²) in [5, 5.41) is 3.50. The zero-order valence-electron chi connectivity index (χ0n) is 12.3. The SMILES string of the molecule is COc1ccc(CNCCCCC(C)C)cc1C. The highest BCUT2D eigenvalue weighted by Gasteiger charge is 1.99. The predicted molar refractivity (Wildman–Crippen MR) is 78.1 cm³/mol. The fraction of sp³-hybridized carbons (Fsp3) is 0.625. The Bertz CT molecular complexity index is 347. The van der Waals surface area contributed by atoms with Crippen LogP contribution < -0.4 is 10.1 Å². The van der Waals surface area contributed by atoms with E-state index in [1.54, 1.807) is 7.11 Å². The highest BCUT2D eigenvalue weighted by atomic mass is 16.5.